The number of nitrogens with zero attached hydrogens (tertiary/aromatic N) is 5. The van der Waals surface area contributed by atoms with E-state index in [1.165, 1.54) is 21.3 Å². The van der Waals surface area contributed by atoms with Gasteiger partial charge in [0.1, 0.15) is 0 Å². The summed E-state index contributed by atoms with van der Waals surface area (Å²) < 4.78 is 27.0. The number of morpholine rings is 2. The maximum absolute atomic E-state index is 13.0. The largest absolute Gasteiger partial charge is 0.493 e. The van der Waals surface area contributed by atoms with Crippen molar-refractivity contribution in [3.8, 4) is 45.6 Å². The molecule has 2 aromatic heterocycles. The summed E-state index contributed by atoms with van der Waals surface area (Å²) in [7, 11) is 4.59. The van der Waals surface area contributed by atoms with E-state index < -0.39 is 6.03 Å². The molecule has 0 bridgehead atoms. The van der Waals surface area contributed by atoms with Crippen LogP contribution in [0.1, 0.15) is 17.0 Å². The molecule has 2 aliphatic heterocycles. The summed E-state index contributed by atoms with van der Waals surface area (Å²) in [5.41, 5.74) is 9.30. The third-order valence-electron chi connectivity index (χ3n) is 12.8. The number of nitrogens with one attached hydrogen (secondary N) is 4. The summed E-state index contributed by atoms with van der Waals surface area (Å²) in [6.45, 7) is 8.44. The van der Waals surface area contributed by atoms with Gasteiger partial charge >= 0.3 is 12.1 Å². The van der Waals surface area contributed by atoms with Crippen LogP contribution >= 0.6 is 0 Å². The molecule has 2 fully saturated rings. The number of fused-ring (bicyclic) bond motifs is 2. The number of pyridine rings is 2. The molecule has 16 nitrogen and oxygen atoms in total. The lowest BCUT2D eigenvalue weighted by molar-refractivity contribution is 0.0336. The number of carbonyl (C=O) groups is 2. The van der Waals surface area contributed by atoms with Crippen molar-refractivity contribution in [3.05, 3.63) is 163 Å². The molecule has 10 rings (SSSR count). The first-order chi connectivity index (χ1) is 36.3. The smallest absolute Gasteiger partial charge is 0.323 e. The Morgan fingerprint density at radius 3 is 1.39 bits per heavy atom. The van der Waals surface area contributed by atoms with Crippen LogP contribution in [-0.2, 0) is 22.6 Å². The zero-order valence-electron chi connectivity index (χ0n) is 41.5. The Kier molecular flexibility index (Phi) is 16.5. The predicted octanol–water partition coefficient (Wildman–Crippen LogP) is 10.7. The second-order valence-electron chi connectivity index (χ2n) is 17.5. The Bertz CT molecular complexity index is 3240. The molecule has 0 aliphatic carbocycles. The van der Waals surface area contributed by atoms with Crippen LogP contribution < -0.4 is 35.5 Å². The Labute approximate surface area is 429 Å². The maximum Gasteiger partial charge on any atom is 0.323 e. The van der Waals surface area contributed by atoms with Gasteiger partial charge in [0.2, 0.25) is 5.75 Å². The Balaban J connectivity index is 0.000000183. The van der Waals surface area contributed by atoms with Gasteiger partial charge in [0, 0.05) is 91.4 Å². The first-order valence-corrected chi connectivity index (χ1v) is 24.3. The highest BCUT2D eigenvalue weighted by atomic mass is 16.5. The van der Waals surface area contributed by atoms with Crippen LogP contribution in [0.4, 0.5) is 32.3 Å². The normalized spacial score (nSPS) is 13.7. The molecule has 8 aromatic rings. The number of carbonyl (C=O) groups excluding carboxylic acids is 2. The Hall–Kier alpha value is -8.59. The first kappa shape index (κ1) is 50.4. The highest BCUT2D eigenvalue weighted by Gasteiger charge is 2.18. The molecule has 16 heteroatoms. The summed E-state index contributed by atoms with van der Waals surface area (Å²) in [5, 5.41) is 24.4. The topological polar surface area (TPSA) is 184 Å². The monoisotopic (exact) mass is 991 g/mol. The average Bonchev–Trinajstić information content (AvgIpc) is 3.44. The van der Waals surface area contributed by atoms with E-state index in [-0.39, 0.29) is 6.03 Å². The number of urea groups is 2. The third-order valence-corrected chi connectivity index (χ3v) is 12.8. The summed E-state index contributed by atoms with van der Waals surface area (Å²) in [6.07, 6.45) is 3.84. The van der Waals surface area contributed by atoms with Crippen molar-refractivity contribution in [1.82, 2.24) is 19.8 Å². The van der Waals surface area contributed by atoms with Gasteiger partial charge in [-0.2, -0.15) is 5.26 Å². The van der Waals surface area contributed by atoms with E-state index in [1.54, 1.807) is 36.4 Å². The molecule has 4 heterocycles. The molecule has 0 spiro atoms. The van der Waals surface area contributed by atoms with E-state index in [2.05, 4.69) is 73.5 Å². The molecule has 0 radical (unpaired) electrons. The molecule has 376 valence electrons. The van der Waals surface area contributed by atoms with Gasteiger partial charge in [-0.05, 0) is 70.4 Å². The summed E-state index contributed by atoms with van der Waals surface area (Å²) in [4.78, 5) is 39.7. The van der Waals surface area contributed by atoms with Crippen molar-refractivity contribution in [2.45, 2.75) is 13.1 Å². The van der Waals surface area contributed by atoms with Gasteiger partial charge in [-0.15, -0.1) is 0 Å². The van der Waals surface area contributed by atoms with Crippen LogP contribution in [0.15, 0.2) is 146 Å². The van der Waals surface area contributed by atoms with Crippen molar-refractivity contribution in [1.29, 1.82) is 5.26 Å². The van der Waals surface area contributed by atoms with E-state index in [0.29, 0.717) is 45.6 Å². The van der Waals surface area contributed by atoms with Gasteiger partial charge in [0.05, 0.1) is 87.8 Å². The van der Waals surface area contributed by atoms with Gasteiger partial charge in [-0.25, -0.2) is 9.59 Å². The minimum atomic E-state index is -0.392. The van der Waals surface area contributed by atoms with Gasteiger partial charge in [0.25, 0.3) is 0 Å². The van der Waals surface area contributed by atoms with Crippen LogP contribution in [0.2, 0.25) is 0 Å². The molecule has 74 heavy (non-hydrogen) atoms. The number of benzene rings is 6. The molecule has 6 aromatic carbocycles. The minimum Gasteiger partial charge on any atom is -0.493 e. The molecule has 0 atom stereocenters. The third kappa shape index (κ3) is 12.4. The lowest BCUT2D eigenvalue weighted by Gasteiger charge is -2.26. The molecular formula is C58H57N9O7. The molecule has 4 amide bonds. The Morgan fingerprint density at radius 2 is 0.986 bits per heavy atom. The van der Waals surface area contributed by atoms with E-state index in [1.807, 2.05) is 73.1 Å². The fourth-order valence-corrected chi connectivity index (χ4v) is 9.00. The van der Waals surface area contributed by atoms with Crippen LogP contribution in [0.5, 0.6) is 17.2 Å². The number of ether oxygens (including phenoxy) is 5. The zero-order chi connectivity index (χ0) is 51.2. The molecule has 2 saturated heterocycles. The molecular weight excluding hydrogens is 935 g/mol. The number of hydrogen-bond donors (Lipinski definition) is 4. The lowest BCUT2D eigenvalue weighted by atomic mass is 9.98. The fraction of sp³-hybridized carbons (Fsp3) is 0.224. The van der Waals surface area contributed by atoms with Crippen molar-refractivity contribution in [2.75, 3.05) is 95.2 Å². The van der Waals surface area contributed by atoms with Crippen LogP contribution in [0, 0.1) is 11.3 Å². The highest BCUT2D eigenvalue weighted by Crippen LogP contribution is 2.40. The summed E-state index contributed by atoms with van der Waals surface area (Å²) in [6, 6.07) is 43.6. The SMILES string of the molecule is COc1cc(NC(=O)Nc2ccc(-c3ccc(CN4CCOCC4)nc3)c3ccccc23)cc(OC)c1OC.N#Cc1ccc(NC(=O)Nc2ccc(-c3ccc(CN4CCOCC4)nc3)c3ccccc23)cc1. The van der Waals surface area contributed by atoms with E-state index in [9.17, 15) is 9.59 Å². The molecule has 2 aliphatic rings. The van der Waals surface area contributed by atoms with Gasteiger partial charge in [-0.1, -0.05) is 72.8 Å². The molecule has 0 saturated carbocycles. The highest BCUT2D eigenvalue weighted by molar-refractivity contribution is 6.11. The predicted molar refractivity (Wildman–Crippen MR) is 289 cm³/mol. The van der Waals surface area contributed by atoms with E-state index in [0.717, 1.165) is 121 Å². The van der Waals surface area contributed by atoms with Crippen molar-refractivity contribution >= 4 is 56.4 Å². The number of anilines is 4. The molecule has 4 N–H and O–H groups in total. The zero-order valence-corrected chi connectivity index (χ0v) is 41.5. The van der Waals surface area contributed by atoms with Crippen molar-refractivity contribution in [3.63, 3.8) is 0 Å². The van der Waals surface area contributed by atoms with Crippen LogP contribution in [0.3, 0.4) is 0 Å². The number of aromatic nitrogens is 2. The number of hydrogen-bond acceptors (Lipinski definition) is 12. The summed E-state index contributed by atoms with van der Waals surface area (Å²) >= 11 is 0. The Morgan fingerprint density at radius 1 is 0.541 bits per heavy atom. The number of rotatable bonds is 13. The quantitative estimate of drug-likeness (QED) is 0.0858. The van der Waals surface area contributed by atoms with Gasteiger partial charge in [-0.3, -0.25) is 19.8 Å². The first-order valence-electron chi connectivity index (χ1n) is 24.3. The standard InChI is InChI=1S/C30H32N4O5.C28H25N5O2/c1-36-27-16-22(17-28(37-2)29(27)38-3)32-30(35)33-26-11-10-23(24-6-4-5-7-25(24)26)20-8-9-21(31-18-20)19-34-12-14-39-15-13-34;29-17-20-5-8-22(9-6-20)31-28(34)32-27-12-11-24(25-3-1-2-4-26(25)27)21-7-10-23(30-18-21)19-33-13-15-35-16-14-33/h4-11,16-18H,12-15,19H2,1-3H3,(H2,32,33,35);1-12,18H,13-16,19H2,(H2,31,32,34). The van der Waals surface area contributed by atoms with E-state index >= 15 is 0 Å². The fourth-order valence-electron chi connectivity index (χ4n) is 9.00. The van der Waals surface area contributed by atoms with E-state index in [4.69, 9.17) is 38.9 Å². The van der Waals surface area contributed by atoms with Gasteiger partial charge < -0.3 is 45.0 Å². The van der Waals surface area contributed by atoms with Crippen molar-refractivity contribution in [2.24, 2.45) is 0 Å². The lowest BCUT2D eigenvalue weighted by Crippen LogP contribution is -2.35. The average molecular weight is 992 g/mol. The summed E-state index contributed by atoms with van der Waals surface area (Å²) in [5.74, 6) is 1.36. The molecule has 0 unspecified atom stereocenters. The van der Waals surface area contributed by atoms with Crippen molar-refractivity contribution < 1.29 is 33.3 Å². The maximum atomic E-state index is 13.0. The second-order valence-corrected chi connectivity index (χ2v) is 17.5. The minimum absolute atomic E-state index is 0.346. The van der Waals surface area contributed by atoms with Gasteiger partial charge in [0.15, 0.2) is 11.5 Å². The number of nitriles is 1. The van der Waals surface area contributed by atoms with Crippen LogP contribution in [-0.4, -0.2) is 106 Å². The second kappa shape index (κ2) is 24.2. The number of amides is 4. The van der Waals surface area contributed by atoms with Crippen LogP contribution in [0.25, 0.3) is 43.8 Å². The number of methoxy groups -OCH3 is 3.